The third-order valence-electron chi connectivity index (χ3n) is 2.43. The van der Waals surface area contributed by atoms with Gasteiger partial charge in [0.15, 0.2) is 0 Å². The number of aromatic nitrogens is 3. The molecule has 114 valence electrons. The summed E-state index contributed by atoms with van der Waals surface area (Å²) in [7, 11) is 3.07. The Labute approximate surface area is 126 Å². The van der Waals surface area contributed by atoms with Crippen molar-refractivity contribution >= 4 is 21.9 Å². The largest absolute Gasteiger partial charge is 0.573 e. The fourth-order valence-corrected chi connectivity index (χ4v) is 1.84. The molecule has 2 rings (SSSR count). The van der Waals surface area contributed by atoms with Crippen molar-refractivity contribution in [3.05, 3.63) is 29.0 Å². The minimum atomic E-state index is -4.72. The van der Waals surface area contributed by atoms with Crippen molar-refractivity contribution in [1.82, 2.24) is 14.8 Å². The molecule has 1 aromatic carbocycles. The summed E-state index contributed by atoms with van der Waals surface area (Å²) >= 11 is 3.13. The Bertz CT molecular complexity index is 615. The molecule has 0 amide bonds. The maximum atomic E-state index is 12.1. The molecule has 0 spiro atoms. The summed E-state index contributed by atoms with van der Waals surface area (Å²) in [5, 5.41) is 5.45. The van der Waals surface area contributed by atoms with Crippen molar-refractivity contribution in [2.24, 2.45) is 0 Å². The topological polar surface area (TPSA) is 52.4 Å². The van der Waals surface area contributed by atoms with Gasteiger partial charge in [-0.1, -0.05) is 0 Å². The van der Waals surface area contributed by atoms with Crippen molar-refractivity contribution < 1.29 is 22.7 Å². The first kappa shape index (κ1) is 15.6. The SMILES string of the molecule is CON(C)c1nc(Br)nn1-c1ccc(OC(F)(F)F)cc1. The fraction of sp³-hybridized carbons (Fsp3) is 0.273. The number of rotatable bonds is 4. The highest BCUT2D eigenvalue weighted by atomic mass is 79.9. The molecule has 0 aliphatic rings. The first-order valence-corrected chi connectivity index (χ1v) is 6.36. The van der Waals surface area contributed by atoms with E-state index in [1.54, 1.807) is 7.05 Å². The molecule has 0 saturated heterocycles. The monoisotopic (exact) mass is 366 g/mol. The number of benzene rings is 1. The molecule has 1 aromatic heterocycles. The predicted octanol–water partition coefficient (Wildman–Crippen LogP) is 2.93. The molecule has 21 heavy (non-hydrogen) atoms. The smallest absolute Gasteiger partial charge is 0.406 e. The van der Waals surface area contributed by atoms with Crippen molar-refractivity contribution in [2.45, 2.75) is 6.36 Å². The number of ether oxygens (including phenoxy) is 1. The van der Waals surface area contributed by atoms with Crippen molar-refractivity contribution in [3.8, 4) is 11.4 Å². The second-order valence-corrected chi connectivity index (χ2v) is 4.52. The van der Waals surface area contributed by atoms with Gasteiger partial charge < -0.3 is 4.74 Å². The number of hydroxylamine groups is 1. The highest BCUT2D eigenvalue weighted by Crippen LogP contribution is 2.25. The van der Waals surface area contributed by atoms with Gasteiger partial charge in [0, 0.05) is 7.05 Å². The predicted molar refractivity (Wildman–Crippen MR) is 71.2 cm³/mol. The summed E-state index contributed by atoms with van der Waals surface area (Å²) in [5.41, 5.74) is 0.502. The van der Waals surface area contributed by atoms with E-state index in [-0.39, 0.29) is 5.75 Å². The zero-order valence-electron chi connectivity index (χ0n) is 10.9. The van der Waals surface area contributed by atoms with E-state index < -0.39 is 6.36 Å². The van der Waals surface area contributed by atoms with Crippen LogP contribution in [-0.2, 0) is 4.84 Å². The number of hydrogen-bond donors (Lipinski definition) is 0. The molecule has 0 aliphatic carbocycles. The van der Waals surface area contributed by atoms with E-state index in [1.165, 1.54) is 41.1 Å². The van der Waals surface area contributed by atoms with Gasteiger partial charge in [0.25, 0.3) is 5.95 Å². The summed E-state index contributed by atoms with van der Waals surface area (Å²) in [6.07, 6.45) is -4.72. The number of alkyl halides is 3. The maximum absolute atomic E-state index is 12.1. The molecule has 0 aliphatic heterocycles. The Hall–Kier alpha value is -1.81. The van der Waals surface area contributed by atoms with E-state index in [4.69, 9.17) is 4.84 Å². The lowest BCUT2D eigenvalue weighted by Gasteiger charge is -2.15. The normalized spacial score (nSPS) is 11.5. The van der Waals surface area contributed by atoms with Gasteiger partial charge in [0.1, 0.15) is 5.75 Å². The van der Waals surface area contributed by atoms with Crippen LogP contribution < -0.4 is 9.80 Å². The van der Waals surface area contributed by atoms with Gasteiger partial charge in [-0.2, -0.15) is 9.67 Å². The first-order chi connectivity index (χ1) is 9.80. The van der Waals surface area contributed by atoms with Crippen LogP contribution >= 0.6 is 15.9 Å². The molecule has 0 unspecified atom stereocenters. The summed E-state index contributed by atoms with van der Waals surface area (Å²) in [5.74, 6) is 0.0425. The van der Waals surface area contributed by atoms with Gasteiger partial charge in [-0.15, -0.1) is 18.3 Å². The summed E-state index contributed by atoms with van der Waals surface area (Å²) in [4.78, 5) is 9.11. The Morgan fingerprint density at radius 3 is 2.38 bits per heavy atom. The zero-order chi connectivity index (χ0) is 15.6. The standard InChI is InChI=1S/C11H10BrF3N4O2/c1-18(20-2)10-16-9(12)17-19(10)7-3-5-8(6-4-7)21-11(13,14)15/h3-6H,1-2H3. The first-order valence-electron chi connectivity index (χ1n) is 5.57. The zero-order valence-corrected chi connectivity index (χ0v) is 12.5. The molecular weight excluding hydrogens is 357 g/mol. The van der Waals surface area contributed by atoms with Crippen LogP contribution in [-0.4, -0.2) is 35.3 Å². The van der Waals surface area contributed by atoms with Crippen LogP contribution in [0.3, 0.4) is 0 Å². The van der Waals surface area contributed by atoms with Crippen LogP contribution in [0.5, 0.6) is 5.75 Å². The van der Waals surface area contributed by atoms with Crippen LogP contribution in [0.15, 0.2) is 29.0 Å². The molecule has 6 nitrogen and oxygen atoms in total. The van der Waals surface area contributed by atoms with Crippen molar-refractivity contribution in [1.29, 1.82) is 0 Å². The molecule has 0 fully saturated rings. The third kappa shape index (κ3) is 3.85. The van der Waals surface area contributed by atoms with Crippen molar-refractivity contribution in [3.63, 3.8) is 0 Å². The Balaban J connectivity index is 2.31. The highest BCUT2D eigenvalue weighted by molar-refractivity contribution is 9.10. The van der Waals surface area contributed by atoms with Crippen molar-refractivity contribution in [2.75, 3.05) is 19.2 Å². The van der Waals surface area contributed by atoms with E-state index in [2.05, 4.69) is 30.7 Å². The molecule has 0 radical (unpaired) electrons. The minimum Gasteiger partial charge on any atom is -0.406 e. The summed E-state index contributed by atoms with van der Waals surface area (Å²) in [6.45, 7) is 0. The second kappa shape index (κ2) is 5.90. The fourth-order valence-electron chi connectivity index (χ4n) is 1.53. The average molecular weight is 367 g/mol. The van der Waals surface area contributed by atoms with Crippen LogP contribution in [0.2, 0.25) is 0 Å². The Kier molecular flexibility index (Phi) is 4.37. The number of nitrogens with zero attached hydrogens (tertiary/aromatic N) is 4. The van der Waals surface area contributed by atoms with Crippen LogP contribution in [0.25, 0.3) is 5.69 Å². The molecule has 2 aromatic rings. The van der Waals surface area contributed by atoms with E-state index in [1.807, 2.05) is 0 Å². The average Bonchev–Trinajstić information content (AvgIpc) is 2.79. The van der Waals surface area contributed by atoms with Gasteiger partial charge in [-0.3, -0.25) is 4.84 Å². The quantitative estimate of drug-likeness (QED) is 0.778. The Morgan fingerprint density at radius 2 is 1.86 bits per heavy atom. The third-order valence-corrected chi connectivity index (χ3v) is 2.77. The van der Waals surface area contributed by atoms with Gasteiger partial charge in [0.05, 0.1) is 12.8 Å². The lowest BCUT2D eigenvalue weighted by molar-refractivity contribution is -0.274. The minimum absolute atomic E-state index is 0.313. The van der Waals surface area contributed by atoms with E-state index >= 15 is 0 Å². The lowest BCUT2D eigenvalue weighted by atomic mass is 10.3. The van der Waals surface area contributed by atoms with E-state index in [0.29, 0.717) is 16.4 Å². The van der Waals surface area contributed by atoms with Gasteiger partial charge in [0.2, 0.25) is 4.73 Å². The molecule has 0 bridgehead atoms. The van der Waals surface area contributed by atoms with Gasteiger partial charge in [-0.05, 0) is 40.2 Å². The summed E-state index contributed by atoms with van der Waals surface area (Å²) < 4.78 is 41.8. The molecule has 0 saturated carbocycles. The molecule has 0 atom stereocenters. The Morgan fingerprint density at radius 1 is 1.24 bits per heavy atom. The molecular formula is C11H10BrF3N4O2. The number of halogens is 4. The number of anilines is 1. The second-order valence-electron chi connectivity index (χ2n) is 3.81. The molecule has 1 heterocycles. The summed E-state index contributed by atoms with van der Waals surface area (Å²) in [6, 6.07) is 5.23. The number of hydrogen-bond acceptors (Lipinski definition) is 5. The van der Waals surface area contributed by atoms with Gasteiger partial charge >= 0.3 is 6.36 Å². The van der Waals surface area contributed by atoms with Gasteiger partial charge in [-0.25, -0.2) is 5.06 Å². The lowest BCUT2D eigenvalue weighted by Crippen LogP contribution is -2.19. The van der Waals surface area contributed by atoms with Crippen LogP contribution in [0.4, 0.5) is 19.1 Å². The maximum Gasteiger partial charge on any atom is 0.573 e. The van der Waals surface area contributed by atoms with Crippen LogP contribution in [0.1, 0.15) is 0 Å². The molecule has 0 N–H and O–H groups in total. The van der Waals surface area contributed by atoms with Crippen LogP contribution in [0, 0.1) is 0 Å². The van der Waals surface area contributed by atoms with E-state index in [9.17, 15) is 13.2 Å². The molecule has 10 heteroatoms. The van der Waals surface area contributed by atoms with E-state index in [0.717, 1.165) is 0 Å². The highest BCUT2D eigenvalue weighted by Gasteiger charge is 2.31.